The number of aromatic nitrogens is 2. The minimum atomic E-state index is -0.366. The third kappa shape index (κ3) is 6.04. The highest BCUT2D eigenvalue weighted by atomic mass is 16.6. The van der Waals surface area contributed by atoms with Gasteiger partial charge in [0.2, 0.25) is 11.6 Å². The highest BCUT2D eigenvalue weighted by molar-refractivity contribution is 5.70. The number of nitrogens with zero attached hydrogens (tertiary/aromatic N) is 6. The monoisotopic (exact) mass is 503 g/mol. The van der Waals surface area contributed by atoms with Crippen molar-refractivity contribution in [2.45, 2.75) is 6.04 Å². The Labute approximate surface area is 217 Å². The predicted octanol–water partition coefficient (Wildman–Crippen LogP) is 3.04. The molecule has 0 amide bonds. The van der Waals surface area contributed by atoms with E-state index in [2.05, 4.69) is 73.6 Å². The van der Waals surface area contributed by atoms with Gasteiger partial charge in [-0.05, 0) is 11.1 Å². The number of nitrogens with one attached hydrogen (secondary N) is 1. The third-order valence-electron chi connectivity index (χ3n) is 7.02. The molecule has 194 valence electrons. The number of morpholine rings is 1. The lowest BCUT2D eigenvalue weighted by molar-refractivity contribution is -0.383. The lowest BCUT2D eigenvalue weighted by Crippen LogP contribution is -2.48. The molecule has 0 bridgehead atoms. The zero-order valence-corrected chi connectivity index (χ0v) is 20.9. The van der Waals surface area contributed by atoms with E-state index in [1.54, 1.807) is 0 Å². The molecule has 2 aliphatic heterocycles. The minimum Gasteiger partial charge on any atom is -0.379 e. The molecule has 1 N–H and O–H groups in total. The van der Waals surface area contributed by atoms with Crippen molar-refractivity contribution in [2.75, 3.05) is 75.8 Å². The Hall–Kier alpha value is -3.60. The first-order valence-corrected chi connectivity index (χ1v) is 12.8. The van der Waals surface area contributed by atoms with E-state index < -0.39 is 0 Å². The molecule has 5 rings (SSSR count). The third-order valence-corrected chi connectivity index (χ3v) is 7.02. The van der Waals surface area contributed by atoms with Crippen LogP contribution in [0.3, 0.4) is 0 Å². The van der Waals surface area contributed by atoms with E-state index in [4.69, 9.17) is 4.74 Å². The number of hydrogen-bond donors (Lipinski definition) is 1. The summed E-state index contributed by atoms with van der Waals surface area (Å²) < 4.78 is 5.39. The first kappa shape index (κ1) is 25.1. The van der Waals surface area contributed by atoms with Crippen LogP contribution < -0.4 is 10.2 Å². The Kier molecular flexibility index (Phi) is 8.19. The summed E-state index contributed by atoms with van der Waals surface area (Å²) in [4.78, 5) is 27.0. The number of nitro groups is 1. The van der Waals surface area contributed by atoms with Crippen molar-refractivity contribution in [1.82, 2.24) is 19.8 Å². The molecule has 2 aliphatic rings. The van der Waals surface area contributed by atoms with Gasteiger partial charge in [0, 0.05) is 52.4 Å². The molecule has 0 aliphatic carbocycles. The fourth-order valence-corrected chi connectivity index (χ4v) is 5.13. The number of piperazine rings is 1. The van der Waals surface area contributed by atoms with Crippen LogP contribution in [-0.4, -0.2) is 90.3 Å². The van der Waals surface area contributed by atoms with Crippen molar-refractivity contribution in [1.29, 1.82) is 0 Å². The van der Waals surface area contributed by atoms with Crippen molar-refractivity contribution < 1.29 is 9.66 Å². The molecule has 37 heavy (non-hydrogen) atoms. The molecular formula is C27H33N7O3. The summed E-state index contributed by atoms with van der Waals surface area (Å²) in [5.74, 6) is 0.654. The van der Waals surface area contributed by atoms with Gasteiger partial charge in [-0.1, -0.05) is 60.7 Å². The van der Waals surface area contributed by atoms with Gasteiger partial charge >= 0.3 is 5.69 Å². The molecule has 2 saturated heterocycles. The van der Waals surface area contributed by atoms with E-state index in [-0.39, 0.29) is 22.5 Å². The van der Waals surface area contributed by atoms with Gasteiger partial charge in [0.15, 0.2) is 0 Å². The van der Waals surface area contributed by atoms with Gasteiger partial charge in [-0.15, -0.1) is 0 Å². The van der Waals surface area contributed by atoms with E-state index in [1.165, 1.54) is 17.5 Å². The second kappa shape index (κ2) is 12.1. The van der Waals surface area contributed by atoms with Crippen LogP contribution in [-0.2, 0) is 4.74 Å². The standard InChI is InChI=1S/C27H33N7O3/c35-34(36)25-26(28-11-12-31-17-19-37-20-18-31)29-21-30-27(25)33-15-13-32(14-16-33)24(22-7-3-1-4-8-22)23-9-5-2-6-10-23/h1-10,21,24H,11-20H2,(H,28,29,30). The summed E-state index contributed by atoms with van der Waals surface area (Å²) in [5.41, 5.74) is 2.42. The summed E-state index contributed by atoms with van der Waals surface area (Å²) in [6.07, 6.45) is 1.42. The quantitative estimate of drug-likeness (QED) is 0.349. The molecule has 0 saturated carbocycles. The lowest BCUT2D eigenvalue weighted by Gasteiger charge is -2.40. The van der Waals surface area contributed by atoms with Gasteiger partial charge in [0.25, 0.3) is 0 Å². The Balaban J connectivity index is 1.29. The molecule has 3 heterocycles. The van der Waals surface area contributed by atoms with Crippen LogP contribution in [0.1, 0.15) is 17.2 Å². The topological polar surface area (TPSA) is 99.9 Å². The smallest absolute Gasteiger partial charge is 0.353 e. The van der Waals surface area contributed by atoms with Crippen LogP contribution in [0.4, 0.5) is 17.3 Å². The summed E-state index contributed by atoms with van der Waals surface area (Å²) in [6.45, 7) is 7.33. The maximum Gasteiger partial charge on any atom is 0.353 e. The van der Waals surface area contributed by atoms with Gasteiger partial charge < -0.3 is 15.0 Å². The first-order valence-electron chi connectivity index (χ1n) is 12.8. The molecule has 0 radical (unpaired) electrons. The van der Waals surface area contributed by atoms with Crippen LogP contribution in [0.15, 0.2) is 67.0 Å². The van der Waals surface area contributed by atoms with Crippen molar-refractivity contribution in [2.24, 2.45) is 0 Å². The summed E-state index contributed by atoms with van der Waals surface area (Å²) in [6, 6.07) is 21.1. The average Bonchev–Trinajstić information content (AvgIpc) is 2.95. The molecule has 2 aromatic carbocycles. The summed E-state index contributed by atoms with van der Waals surface area (Å²) >= 11 is 0. The van der Waals surface area contributed by atoms with E-state index in [0.717, 1.165) is 45.9 Å². The van der Waals surface area contributed by atoms with Crippen LogP contribution >= 0.6 is 0 Å². The maximum atomic E-state index is 12.1. The number of ether oxygens (including phenoxy) is 1. The largest absolute Gasteiger partial charge is 0.379 e. The SMILES string of the molecule is O=[N+]([O-])c1c(NCCN2CCOCC2)ncnc1N1CCN(C(c2ccccc2)c2ccccc2)CC1. The van der Waals surface area contributed by atoms with Crippen molar-refractivity contribution >= 4 is 17.3 Å². The van der Waals surface area contributed by atoms with E-state index in [9.17, 15) is 10.1 Å². The highest BCUT2D eigenvalue weighted by Gasteiger charge is 2.32. The van der Waals surface area contributed by atoms with Crippen LogP contribution in [0.25, 0.3) is 0 Å². The number of hydrogen-bond acceptors (Lipinski definition) is 9. The van der Waals surface area contributed by atoms with E-state index in [0.29, 0.717) is 25.5 Å². The number of anilines is 2. The van der Waals surface area contributed by atoms with E-state index in [1.807, 2.05) is 17.0 Å². The Morgan fingerprint density at radius 3 is 2.11 bits per heavy atom. The fraction of sp³-hybridized carbons (Fsp3) is 0.407. The van der Waals surface area contributed by atoms with Crippen molar-refractivity contribution in [3.63, 3.8) is 0 Å². The fourth-order valence-electron chi connectivity index (χ4n) is 5.13. The molecular weight excluding hydrogens is 470 g/mol. The lowest BCUT2D eigenvalue weighted by atomic mass is 9.96. The van der Waals surface area contributed by atoms with Gasteiger partial charge in [0.1, 0.15) is 6.33 Å². The molecule has 10 nitrogen and oxygen atoms in total. The molecule has 0 unspecified atom stereocenters. The zero-order chi connectivity index (χ0) is 25.5. The first-order chi connectivity index (χ1) is 18.2. The van der Waals surface area contributed by atoms with Crippen LogP contribution in [0.5, 0.6) is 0 Å². The van der Waals surface area contributed by atoms with E-state index >= 15 is 0 Å². The number of benzene rings is 2. The molecule has 2 fully saturated rings. The van der Waals surface area contributed by atoms with Crippen molar-refractivity contribution in [3.8, 4) is 0 Å². The van der Waals surface area contributed by atoms with Gasteiger partial charge in [-0.25, -0.2) is 9.97 Å². The van der Waals surface area contributed by atoms with Gasteiger partial charge in [0.05, 0.1) is 24.2 Å². The molecule has 1 aromatic heterocycles. The van der Waals surface area contributed by atoms with Crippen LogP contribution in [0.2, 0.25) is 0 Å². The molecule has 0 spiro atoms. The van der Waals surface area contributed by atoms with Gasteiger partial charge in [-0.3, -0.25) is 19.9 Å². The second-order valence-corrected chi connectivity index (χ2v) is 9.28. The number of rotatable bonds is 9. The normalized spacial score (nSPS) is 17.2. The summed E-state index contributed by atoms with van der Waals surface area (Å²) in [7, 11) is 0. The highest BCUT2D eigenvalue weighted by Crippen LogP contribution is 2.34. The Morgan fingerprint density at radius 1 is 0.892 bits per heavy atom. The molecule has 10 heteroatoms. The molecule has 3 aromatic rings. The van der Waals surface area contributed by atoms with Crippen molar-refractivity contribution in [3.05, 3.63) is 88.2 Å². The Bertz CT molecular complexity index is 1110. The second-order valence-electron chi connectivity index (χ2n) is 9.28. The van der Waals surface area contributed by atoms with Gasteiger partial charge in [-0.2, -0.15) is 0 Å². The zero-order valence-electron chi connectivity index (χ0n) is 20.9. The summed E-state index contributed by atoms with van der Waals surface area (Å²) in [5, 5.41) is 15.3. The molecule has 0 atom stereocenters. The predicted molar refractivity (Wildman–Crippen MR) is 143 cm³/mol. The van der Waals surface area contributed by atoms with Crippen LogP contribution in [0, 0.1) is 10.1 Å². The average molecular weight is 504 g/mol. The Morgan fingerprint density at radius 2 is 1.51 bits per heavy atom. The minimum absolute atomic E-state index is 0.0550. The maximum absolute atomic E-state index is 12.1.